The number of nitrogens with zero attached hydrogens (tertiary/aromatic N) is 3. The average Bonchev–Trinajstić information content (AvgIpc) is 2.46. The largest absolute Gasteiger partial charge is 0.397 e. The number of likely N-dealkylation sites (tertiary alicyclic amines) is 1. The van der Waals surface area contributed by atoms with Crippen molar-refractivity contribution in [2.75, 3.05) is 51.9 Å². The van der Waals surface area contributed by atoms with Crippen LogP contribution in [0, 0.1) is 0 Å². The minimum absolute atomic E-state index is 0.0570. The highest BCUT2D eigenvalue weighted by molar-refractivity contribution is 5.96. The van der Waals surface area contributed by atoms with Crippen molar-refractivity contribution < 1.29 is 4.79 Å². The molecule has 21 heavy (non-hydrogen) atoms. The quantitative estimate of drug-likeness (QED) is 0.857. The fourth-order valence-corrected chi connectivity index (χ4v) is 2.85. The fourth-order valence-electron chi connectivity index (χ4n) is 2.85. The van der Waals surface area contributed by atoms with Crippen molar-refractivity contribution >= 4 is 17.3 Å². The van der Waals surface area contributed by atoms with E-state index in [0.29, 0.717) is 17.3 Å². The van der Waals surface area contributed by atoms with E-state index in [9.17, 15) is 4.79 Å². The van der Waals surface area contributed by atoms with Crippen LogP contribution in [0.1, 0.15) is 23.2 Å². The smallest absolute Gasteiger partial charge is 0.253 e. The van der Waals surface area contributed by atoms with Gasteiger partial charge in [0, 0.05) is 32.7 Å². The SMILES string of the molecule is CN1CCC(N(C)C(=O)c2ccc(N(C)C)c(N)c2)CC1. The monoisotopic (exact) mass is 290 g/mol. The normalized spacial score (nSPS) is 16.8. The summed E-state index contributed by atoms with van der Waals surface area (Å²) in [5.74, 6) is 0.0570. The molecule has 1 aliphatic heterocycles. The van der Waals surface area contributed by atoms with Gasteiger partial charge in [0.25, 0.3) is 5.91 Å². The van der Waals surface area contributed by atoms with Gasteiger partial charge in [-0.15, -0.1) is 0 Å². The zero-order valence-corrected chi connectivity index (χ0v) is 13.5. The highest BCUT2D eigenvalue weighted by atomic mass is 16.2. The Kier molecular flexibility index (Phi) is 4.73. The summed E-state index contributed by atoms with van der Waals surface area (Å²) in [4.78, 5) is 18.7. The second-order valence-electron chi connectivity index (χ2n) is 6.12. The summed E-state index contributed by atoms with van der Waals surface area (Å²) in [5.41, 5.74) is 8.28. The Bertz CT molecular complexity index is 507. The Morgan fingerprint density at radius 1 is 1.24 bits per heavy atom. The van der Waals surface area contributed by atoms with Gasteiger partial charge in [-0.25, -0.2) is 0 Å². The topological polar surface area (TPSA) is 52.8 Å². The molecule has 0 spiro atoms. The number of piperidine rings is 1. The van der Waals surface area contributed by atoms with Gasteiger partial charge in [-0.3, -0.25) is 4.79 Å². The first-order chi connectivity index (χ1) is 9.90. The third kappa shape index (κ3) is 3.47. The predicted molar refractivity (Wildman–Crippen MR) is 87.8 cm³/mol. The molecule has 1 aromatic carbocycles. The van der Waals surface area contributed by atoms with Crippen molar-refractivity contribution in [2.45, 2.75) is 18.9 Å². The van der Waals surface area contributed by atoms with Crippen molar-refractivity contribution in [1.82, 2.24) is 9.80 Å². The van der Waals surface area contributed by atoms with Crippen LogP contribution in [-0.2, 0) is 0 Å². The molecule has 1 aromatic rings. The maximum atomic E-state index is 12.6. The van der Waals surface area contributed by atoms with Crippen LogP contribution in [0.15, 0.2) is 18.2 Å². The van der Waals surface area contributed by atoms with E-state index >= 15 is 0 Å². The number of anilines is 2. The molecule has 0 aromatic heterocycles. The number of hydrogen-bond donors (Lipinski definition) is 1. The Balaban J connectivity index is 2.10. The summed E-state index contributed by atoms with van der Waals surface area (Å²) in [6.45, 7) is 2.09. The first-order valence-corrected chi connectivity index (χ1v) is 7.42. The number of carbonyl (C=O) groups excluding carboxylic acids is 1. The number of amides is 1. The summed E-state index contributed by atoms with van der Waals surface area (Å²) in [6.07, 6.45) is 2.06. The van der Waals surface area contributed by atoms with Crippen molar-refractivity contribution in [3.63, 3.8) is 0 Å². The lowest BCUT2D eigenvalue weighted by molar-refractivity contribution is 0.0659. The van der Waals surface area contributed by atoms with Gasteiger partial charge in [0.2, 0.25) is 0 Å². The van der Waals surface area contributed by atoms with E-state index in [1.54, 1.807) is 6.07 Å². The lowest BCUT2D eigenvalue weighted by Crippen LogP contribution is -2.44. The summed E-state index contributed by atoms with van der Waals surface area (Å²) >= 11 is 0. The highest BCUT2D eigenvalue weighted by Gasteiger charge is 2.25. The first kappa shape index (κ1) is 15.6. The van der Waals surface area contributed by atoms with E-state index in [-0.39, 0.29) is 5.91 Å². The Morgan fingerprint density at radius 2 is 1.86 bits per heavy atom. The summed E-state index contributed by atoms with van der Waals surface area (Å²) in [7, 11) is 7.91. The van der Waals surface area contributed by atoms with Crippen molar-refractivity contribution in [3.05, 3.63) is 23.8 Å². The molecule has 5 nitrogen and oxygen atoms in total. The molecule has 2 N–H and O–H groups in total. The molecule has 0 saturated carbocycles. The van der Waals surface area contributed by atoms with Crippen molar-refractivity contribution in [3.8, 4) is 0 Å². The van der Waals surface area contributed by atoms with Gasteiger partial charge in [0.1, 0.15) is 0 Å². The highest BCUT2D eigenvalue weighted by Crippen LogP contribution is 2.24. The Labute approximate surface area is 127 Å². The third-order valence-electron chi connectivity index (χ3n) is 4.31. The van der Waals surface area contributed by atoms with Crippen LogP contribution >= 0.6 is 0 Å². The van der Waals surface area contributed by atoms with Crippen LogP contribution in [0.3, 0.4) is 0 Å². The van der Waals surface area contributed by atoms with E-state index in [1.165, 1.54) is 0 Å². The number of hydrogen-bond acceptors (Lipinski definition) is 4. The molecule has 116 valence electrons. The number of nitrogen functional groups attached to an aromatic ring is 1. The molecule has 1 heterocycles. The van der Waals surface area contributed by atoms with Crippen LogP contribution in [-0.4, -0.2) is 63.0 Å². The maximum Gasteiger partial charge on any atom is 0.253 e. The zero-order valence-electron chi connectivity index (χ0n) is 13.5. The molecular weight excluding hydrogens is 264 g/mol. The van der Waals surface area contributed by atoms with E-state index in [0.717, 1.165) is 31.6 Å². The standard InChI is InChI=1S/C16H26N4O/c1-18(2)15-6-5-12(11-14(15)17)16(21)20(4)13-7-9-19(3)10-8-13/h5-6,11,13H,7-10,17H2,1-4H3. The zero-order chi connectivity index (χ0) is 15.6. The van der Waals surface area contributed by atoms with Gasteiger partial charge >= 0.3 is 0 Å². The maximum absolute atomic E-state index is 12.6. The van der Waals surface area contributed by atoms with Gasteiger partial charge in [0.05, 0.1) is 11.4 Å². The Morgan fingerprint density at radius 3 is 2.38 bits per heavy atom. The van der Waals surface area contributed by atoms with Gasteiger partial charge < -0.3 is 20.4 Å². The molecular formula is C16H26N4O. The second-order valence-corrected chi connectivity index (χ2v) is 6.12. The fraction of sp³-hybridized carbons (Fsp3) is 0.562. The van der Waals surface area contributed by atoms with Crippen LogP contribution < -0.4 is 10.6 Å². The van der Waals surface area contributed by atoms with Crippen molar-refractivity contribution in [2.24, 2.45) is 0 Å². The van der Waals surface area contributed by atoms with Crippen LogP contribution in [0.4, 0.5) is 11.4 Å². The van der Waals surface area contributed by atoms with E-state index in [4.69, 9.17) is 5.73 Å². The summed E-state index contributed by atoms with van der Waals surface area (Å²) < 4.78 is 0. The van der Waals surface area contributed by atoms with E-state index in [2.05, 4.69) is 11.9 Å². The molecule has 0 bridgehead atoms. The molecule has 1 saturated heterocycles. The summed E-state index contributed by atoms with van der Waals surface area (Å²) in [5, 5.41) is 0. The molecule has 1 amide bonds. The lowest BCUT2D eigenvalue weighted by Gasteiger charge is -2.35. The molecule has 0 aliphatic carbocycles. The number of rotatable bonds is 3. The first-order valence-electron chi connectivity index (χ1n) is 7.42. The number of benzene rings is 1. The Hall–Kier alpha value is -1.75. The number of nitrogens with two attached hydrogens (primary N) is 1. The third-order valence-corrected chi connectivity index (χ3v) is 4.31. The molecule has 0 unspecified atom stereocenters. The van der Waals surface area contributed by atoms with E-state index in [1.807, 2.05) is 43.1 Å². The molecule has 1 fully saturated rings. The van der Waals surface area contributed by atoms with Gasteiger partial charge in [-0.2, -0.15) is 0 Å². The molecule has 5 heteroatoms. The van der Waals surface area contributed by atoms with Crippen molar-refractivity contribution in [1.29, 1.82) is 0 Å². The molecule has 2 rings (SSSR count). The van der Waals surface area contributed by atoms with Crippen LogP contribution in [0.2, 0.25) is 0 Å². The number of carbonyl (C=O) groups is 1. The van der Waals surface area contributed by atoms with Crippen LogP contribution in [0.5, 0.6) is 0 Å². The molecule has 0 radical (unpaired) electrons. The predicted octanol–water partition coefficient (Wildman–Crippen LogP) is 1.50. The van der Waals surface area contributed by atoms with Gasteiger partial charge in [-0.05, 0) is 51.2 Å². The second kappa shape index (κ2) is 6.35. The summed E-state index contributed by atoms with van der Waals surface area (Å²) in [6, 6.07) is 5.87. The minimum Gasteiger partial charge on any atom is -0.397 e. The van der Waals surface area contributed by atoms with E-state index < -0.39 is 0 Å². The average molecular weight is 290 g/mol. The van der Waals surface area contributed by atoms with Gasteiger partial charge in [0.15, 0.2) is 0 Å². The van der Waals surface area contributed by atoms with Gasteiger partial charge in [-0.1, -0.05) is 0 Å². The molecule has 0 atom stereocenters. The van der Waals surface area contributed by atoms with Crippen LogP contribution in [0.25, 0.3) is 0 Å². The lowest BCUT2D eigenvalue weighted by atomic mass is 10.0. The molecule has 1 aliphatic rings. The minimum atomic E-state index is 0.0570.